The van der Waals surface area contributed by atoms with Crippen LogP contribution in [0.25, 0.3) is 0 Å². The second kappa shape index (κ2) is 5.56. The number of benzene rings is 1. The Morgan fingerprint density at radius 1 is 1.12 bits per heavy atom. The van der Waals surface area contributed by atoms with E-state index in [1.165, 1.54) is 6.07 Å². The number of carbonyl (C=O) groups excluding carboxylic acids is 2. The number of carbonyl (C=O) groups is 2. The first-order valence-electron chi connectivity index (χ1n) is 8.61. The predicted molar refractivity (Wildman–Crippen MR) is 92.4 cm³/mol. The van der Waals surface area contributed by atoms with Crippen molar-refractivity contribution < 1.29 is 18.7 Å². The Hall–Kier alpha value is -1.88. The predicted octanol–water partition coefficient (Wildman–Crippen LogP) is 4.33. The molecular formula is C19H19ClFNO3. The number of amides is 2. The van der Waals surface area contributed by atoms with Crippen LogP contribution < -0.4 is 9.64 Å². The maximum atomic E-state index is 14.8. The highest BCUT2D eigenvalue weighted by atomic mass is 35.5. The van der Waals surface area contributed by atoms with E-state index >= 15 is 0 Å². The van der Waals surface area contributed by atoms with Gasteiger partial charge in [-0.25, -0.2) is 9.29 Å². The topological polar surface area (TPSA) is 46.6 Å². The van der Waals surface area contributed by atoms with Crippen LogP contribution in [0.2, 0.25) is 5.02 Å². The van der Waals surface area contributed by atoms with Crippen LogP contribution in [0.3, 0.4) is 0 Å². The molecule has 4 nitrogen and oxygen atoms in total. The monoisotopic (exact) mass is 363 g/mol. The molecule has 0 N–H and O–H groups in total. The van der Waals surface area contributed by atoms with Crippen molar-refractivity contribution in [1.82, 2.24) is 0 Å². The summed E-state index contributed by atoms with van der Waals surface area (Å²) in [5.74, 6) is -1.32. The SMILES string of the molecule is CC1(C)CCc2c(Cl)cc(F)c(N3C(=O)C4=C(CCCC4)C3=O)c2O1. The molecule has 2 heterocycles. The molecule has 0 atom stereocenters. The number of rotatable bonds is 1. The fourth-order valence-electron chi connectivity index (χ4n) is 3.87. The molecule has 4 rings (SSSR count). The highest BCUT2D eigenvalue weighted by molar-refractivity contribution is 6.34. The van der Waals surface area contributed by atoms with Crippen molar-refractivity contribution in [3.63, 3.8) is 0 Å². The van der Waals surface area contributed by atoms with Crippen LogP contribution in [0, 0.1) is 5.82 Å². The van der Waals surface area contributed by atoms with E-state index in [0.29, 0.717) is 36.0 Å². The van der Waals surface area contributed by atoms with E-state index < -0.39 is 23.2 Å². The molecule has 0 saturated heterocycles. The summed E-state index contributed by atoms with van der Waals surface area (Å²) in [5, 5.41) is 0.267. The van der Waals surface area contributed by atoms with Crippen LogP contribution in [0.5, 0.6) is 5.75 Å². The number of halogens is 2. The first kappa shape index (κ1) is 16.6. The summed E-state index contributed by atoms with van der Waals surface area (Å²) in [7, 11) is 0. The van der Waals surface area contributed by atoms with Crippen LogP contribution in [0.15, 0.2) is 17.2 Å². The van der Waals surface area contributed by atoms with E-state index in [9.17, 15) is 14.0 Å². The van der Waals surface area contributed by atoms with Crippen LogP contribution >= 0.6 is 11.6 Å². The lowest BCUT2D eigenvalue weighted by Gasteiger charge is -2.35. The van der Waals surface area contributed by atoms with Gasteiger partial charge in [-0.05, 0) is 58.4 Å². The van der Waals surface area contributed by atoms with Gasteiger partial charge in [0, 0.05) is 16.7 Å². The zero-order chi connectivity index (χ0) is 17.9. The summed E-state index contributed by atoms with van der Waals surface area (Å²) in [6.45, 7) is 3.80. The molecule has 0 aromatic heterocycles. The number of hydrogen-bond acceptors (Lipinski definition) is 3. The van der Waals surface area contributed by atoms with Gasteiger partial charge in [-0.1, -0.05) is 11.6 Å². The van der Waals surface area contributed by atoms with Crippen molar-refractivity contribution in [2.45, 2.75) is 58.0 Å². The van der Waals surface area contributed by atoms with E-state index in [4.69, 9.17) is 16.3 Å². The Morgan fingerprint density at radius 3 is 2.32 bits per heavy atom. The second-order valence-electron chi connectivity index (χ2n) is 7.47. The molecule has 6 heteroatoms. The normalized spacial score (nSPS) is 22.0. The standard InChI is InChI=1S/C19H19ClFNO3/c1-19(2)8-7-12-13(20)9-14(21)15(16(12)25-19)22-17(23)10-5-3-4-6-11(10)18(22)24/h9H,3-8H2,1-2H3. The molecule has 0 saturated carbocycles. The van der Waals surface area contributed by atoms with Crippen LogP contribution in [0.1, 0.15) is 51.5 Å². The first-order valence-corrected chi connectivity index (χ1v) is 8.98. The molecule has 0 fully saturated rings. The van der Waals surface area contributed by atoms with E-state index in [2.05, 4.69) is 0 Å². The summed E-state index contributed by atoms with van der Waals surface area (Å²) in [6.07, 6.45) is 4.21. The lowest BCUT2D eigenvalue weighted by atomic mass is 9.93. The number of nitrogens with zero attached hydrogens (tertiary/aromatic N) is 1. The van der Waals surface area contributed by atoms with Crippen molar-refractivity contribution in [2.24, 2.45) is 0 Å². The van der Waals surface area contributed by atoms with Crippen LogP contribution in [-0.4, -0.2) is 17.4 Å². The molecule has 25 heavy (non-hydrogen) atoms. The van der Waals surface area contributed by atoms with Gasteiger partial charge in [0.2, 0.25) is 0 Å². The maximum Gasteiger partial charge on any atom is 0.261 e. The summed E-state index contributed by atoms with van der Waals surface area (Å²) in [6, 6.07) is 1.18. The quantitative estimate of drug-likeness (QED) is 0.698. The van der Waals surface area contributed by atoms with Gasteiger partial charge in [0.1, 0.15) is 11.3 Å². The van der Waals surface area contributed by atoms with Crippen molar-refractivity contribution in [2.75, 3.05) is 4.90 Å². The number of ether oxygens (including phenoxy) is 1. The van der Waals surface area contributed by atoms with E-state index in [1.54, 1.807) is 0 Å². The highest BCUT2D eigenvalue weighted by Crippen LogP contribution is 2.48. The molecule has 0 bridgehead atoms. The number of anilines is 1. The van der Waals surface area contributed by atoms with Gasteiger partial charge in [-0.3, -0.25) is 9.59 Å². The van der Waals surface area contributed by atoms with E-state index in [1.807, 2.05) is 13.8 Å². The van der Waals surface area contributed by atoms with Gasteiger partial charge < -0.3 is 4.74 Å². The first-order chi connectivity index (χ1) is 11.8. The van der Waals surface area contributed by atoms with Crippen molar-refractivity contribution in [3.8, 4) is 5.75 Å². The summed E-state index contributed by atoms with van der Waals surface area (Å²) < 4.78 is 20.8. The lowest BCUT2D eigenvalue weighted by Crippen LogP contribution is -2.37. The Labute approximate surface area is 150 Å². The summed E-state index contributed by atoms with van der Waals surface area (Å²) >= 11 is 6.20. The average Bonchev–Trinajstić information content (AvgIpc) is 2.79. The third-order valence-corrected chi connectivity index (χ3v) is 5.56. The molecule has 2 aliphatic heterocycles. The molecule has 3 aliphatic rings. The fourth-order valence-corrected chi connectivity index (χ4v) is 4.15. The maximum absolute atomic E-state index is 14.8. The third-order valence-electron chi connectivity index (χ3n) is 5.23. The zero-order valence-electron chi connectivity index (χ0n) is 14.2. The highest BCUT2D eigenvalue weighted by Gasteiger charge is 2.44. The molecule has 1 aliphatic carbocycles. The van der Waals surface area contributed by atoms with Crippen LogP contribution in [0.4, 0.5) is 10.1 Å². The molecule has 0 spiro atoms. The zero-order valence-corrected chi connectivity index (χ0v) is 15.0. The fraction of sp³-hybridized carbons (Fsp3) is 0.474. The van der Waals surface area contributed by atoms with Gasteiger partial charge in [-0.15, -0.1) is 0 Å². The van der Waals surface area contributed by atoms with Crippen LogP contribution in [-0.2, 0) is 16.0 Å². The minimum Gasteiger partial charge on any atom is -0.485 e. The average molecular weight is 364 g/mol. The number of fused-ring (bicyclic) bond motifs is 1. The molecule has 0 radical (unpaired) electrons. The minimum absolute atomic E-state index is 0.0865. The van der Waals surface area contributed by atoms with Gasteiger partial charge in [-0.2, -0.15) is 0 Å². The molecule has 132 valence electrons. The molecule has 1 aromatic rings. The Bertz CT molecular complexity index is 816. The van der Waals surface area contributed by atoms with Crippen molar-refractivity contribution >= 4 is 29.1 Å². The number of hydrogen-bond donors (Lipinski definition) is 0. The largest absolute Gasteiger partial charge is 0.485 e. The second-order valence-corrected chi connectivity index (χ2v) is 7.88. The smallest absolute Gasteiger partial charge is 0.261 e. The molecule has 0 unspecified atom stereocenters. The number of imide groups is 1. The molecule has 2 amide bonds. The van der Waals surface area contributed by atoms with E-state index in [-0.39, 0.29) is 16.5 Å². The van der Waals surface area contributed by atoms with Crippen molar-refractivity contribution in [3.05, 3.63) is 33.6 Å². The third kappa shape index (κ3) is 2.48. The van der Waals surface area contributed by atoms with E-state index in [0.717, 1.165) is 24.2 Å². The minimum atomic E-state index is -0.706. The van der Waals surface area contributed by atoms with Gasteiger partial charge in [0.05, 0.1) is 5.02 Å². The Morgan fingerprint density at radius 2 is 1.72 bits per heavy atom. The van der Waals surface area contributed by atoms with Gasteiger partial charge >= 0.3 is 0 Å². The van der Waals surface area contributed by atoms with Gasteiger partial charge in [0.25, 0.3) is 11.8 Å². The van der Waals surface area contributed by atoms with Gasteiger partial charge in [0.15, 0.2) is 11.6 Å². The Kier molecular flexibility index (Phi) is 3.69. The molecular weight excluding hydrogens is 345 g/mol. The summed E-state index contributed by atoms with van der Waals surface area (Å²) in [5.41, 5.74) is 1.10. The lowest BCUT2D eigenvalue weighted by molar-refractivity contribution is -0.120. The van der Waals surface area contributed by atoms with Crippen molar-refractivity contribution in [1.29, 1.82) is 0 Å². The Balaban J connectivity index is 1.87. The molecule has 1 aromatic carbocycles. The summed E-state index contributed by atoms with van der Waals surface area (Å²) in [4.78, 5) is 26.6.